The van der Waals surface area contributed by atoms with Crippen molar-refractivity contribution in [2.24, 2.45) is 5.92 Å². The highest BCUT2D eigenvalue weighted by Gasteiger charge is 2.24. The number of carbonyl (C=O) groups excluding carboxylic acids is 2. The monoisotopic (exact) mass is 253 g/mol. The van der Waals surface area contributed by atoms with Gasteiger partial charge in [-0.1, -0.05) is 6.08 Å². The average Bonchev–Trinajstić information content (AvgIpc) is 3.22. The summed E-state index contributed by atoms with van der Waals surface area (Å²) in [6, 6.07) is -0.101. The topological polar surface area (TPSA) is 61.9 Å². The molecular formula is C12H19N3O3. The van der Waals surface area contributed by atoms with Crippen LogP contribution >= 0.6 is 0 Å². The van der Waals surface area contributed by atoms with E-state index in [-0.39, 0.29) is 12.1 Å². The van der Waals surface area contributed by atoms with E-state index in [1.54, 1.807) is 16.0 Å². The van der Waals surface area contributed by atoms with Gasteiger partial charge in [-0.2, -0.15) is 0 Å². The third-order valence-electron chi connectivity index (χ3n) is 3.20. The first-order valence-electron chi connectivity index (χ1n) is 6.25. The third-order valence-corrected chi connectivity index (χ3v) is 3.20. The Morgan fingerprint density at radius 2 is 1.78 bits per heavy atom. The largest absolute Gasteiger partial charge is 0.453 e. The second-order valence-corrected chi connectivity index (χ2v) is 4.59. The van der Waals surface area contributed by atoms with Crippen molar-refractivity contribution in [3.8, 4) is 0 Å². The van der Waals surface area contributed by atoms with Crippen molar-refractivity contribution in [1.29, 1.82) is 0 Å². The summed E-state index contributed by atoms with van der Waals surface area (Å²) < 4.78 is 4.64. The molecule has 0 radical (unpaired) electrons. The zero-order chi connectivity index (χ0) is 13.0. The Balaban J connectivity index is 1.71. The van der Waals surface area contributed by atoms with E-state index in [0.717, 1.165) is 0 Å². The van der Waals surface area contributed by atoms with Gasteiger partial charge >= 0.3 is 12.1 Å². The van der Waals surface area contributed by atoms with Crippen molar-refractivity contribution in [3.63, 3.8) is 0 Å². The van der Waals surface area contributed by atoms with E-state index in [1.807, 2.05) is 6.08 Å². The number of methoxy groups -OCH3 is 1. The van der Waals surface area contributed by atoms with Crippen LogP contribution in [0.5, 0.6) is 0 Å². The summed E-state index contributed by atoms with van der Waals surface area (Å²) >= 11 is 0. The van der Waals surface area contributed by atoms with E-state index in [4.69, 9.17) is 0 Å². The number of nitrogens with one attached hydrogen (secondary N) is 1. The molecule has 0 aromatic rings. The predicted molar refractivity (Wildman–Crippen MR) is 65.9 cm³/mol. The summed E-state index contributed by atoms with van der Waals surface area (Å²) in [5.74, 6) is 0.654. The quantitative estimate of drug-likeness (QED) is 0.798. The van der Waals surface area contributed by atoms with Gasteiger partial charge in [0.15, 0.2) is 0 Å². The number of hydrogen-bond acceptors (Lipinski definition) is 3. The normalized spacial score (nSPS) is 20.1. The zero-order valence-corrected chi connectivity index (χ0v) is 10.6. The van der Waals surface area contributed by atoms with E-state index >= 15 is 0 Å². The molecule has 1 aliphatic heterocycles. The molecule has 2 aliphatic rings. The maximum atomic E-state index is 11.8. The van der Waals surface area contributed by atoms with E-state index in [9.17, 15) is 9.59 Å². The molecule has 18 heavy (non-hydrogen) atoms. The van der Waals surface area contributed by atoms with Crippen LogP contribution < -0.4 is 5.32 Å². The van der Waals surface area contributed by atoms with Crippen molar-refractivity contribution >= 4 is 12.1 Å². The number of urea groups is 1. The molecular weight excluding hydrogens is 234 g/mol. The maximum Gasteiger partial charge on any atom is 0.409 e. The number of rotatable bonds is 2. The highest BCUT2D eigenvalue weighted by atomic mass is 16.5. The van der Waals surface area contributed by atoms with Gasteiger partial charge in [0.05, 0.1) is 7.11 Å². The van der Waals surface area contributed by atoms with Crippen LogP contribution in [0.15, 0.2) is 12.3 Å². The Morgan fingerprint density at radius 3 is 2.33 bits per heavy atom. The van der Waals surface area contributed by atoms with Crippen molar-refractivity contribution in [1.82, 2.24) is 15.1 Å². The minimum Gasteiger partial charge on any atom is -0.453 e. The van der Waals surface area contributed by atoms with Crippen molar-refractivity contribution in [2.75, 3.05) is 33.3 Å². The number of carbonyl (C=O) groups is 2. The minimum atomic E-state index is -0.330. The number of piperazine rings is 1. The van der Waals surface area contributed by atoms with Gasteiger partial charge in [-0.25, -0.2) is 9.59 Å². The zero-order valence-electron chi connectivity index (χ0n) is 10.6. The molecule has 0 aromatic heterocycles. The van der Waals surface area contributed by atoms with E-state index < -0.39 is 0 Å². The number of amides is 3. The summed E-state index contributed by atoms with van der Waals surface area (Å²) in [5, 5.41) is 2.75. The average molecular weight is 253 g/mol. The molecule has 2 rings (SSSR count). The fraction of sp³-hybridized carbons (Fsp3) is 0.667. The Hall–Kier alpha value is -1.72. The van der Waals surface area contributed by atoms with Crippen LogP contribution in [0.4, 0.5) is 9.59 Å². The second-order valence-electron chi connectivity index (χ2n) is 4.59. The van der Waals surface area contributed by atoms with Crippen LogP contribution in [0.1, 0.15) is 12.8 Å². The first-order chi connectivity index (χ1) is 8.70. The molecule has 1 N–H and O–H groups in total. The molecule has 1 heterocycles. The summed E-state index contributed by atoms with van der Waals surface area (Å²) in [4.78, 5) is 26.4. The highest BCUT2D eigenvalue weighted by molar-refractivity contribution is 5.75. The van der Waals surface area contributed by atoms with Crippen LogP contribution in [0.3, 0.4) is 0 Å². The van der Waals surface area contributed by atoms with Crippen LogP contribution in [0, 0.1) is 5.92 Å². The molecule has 100 valence electrons. The Kier molecular flexibility index (Phi) is 4.07. The van der Waals surface area contributed by atoms with Gasteiger partial charge < -0.3 is 19.9 Å². The number of nitrogens with zero attached hydrogens (tertiary/aromatic N) is 2. The molecule has 6 nitrogen and oxygen atoms in total. The predicted octanol–water partition coefficient (Wildman–Crippen LogP) is 1.00. The number of hydrogen-bond donors (Lipinski definition) is 1. The number of ether oxygens (including phenoxy) is 1. The van der Waals surface area contributed by atoms with Crippen molar-refractivity contribution < 1.29 is 14.3 Å². The SMILES string of the molecule is COC(=O)N1CCN(C(=O)N/C=C/C2CC2)CC1. The first-order valence-corrected chi connectivity index (χ1v) is 6.25. The van der Waals surface area contributed by atoms with E-state index in [2.05, 4.69) is 10.1 Å². The smallest absolute Gasteiger partial charge is 0.409 e. The van der Waals surface area contributed by atoms with Gasteiger partial charge in [0.1, 0.15) is 0 Å². The van der Waals surface area contributed by atoms with E-state index in [0.29, 0.717) is 32.1 Å². The van der Waals surface area contributed by atoms with Gasteiger partial charge in [0.25, 0.3) is 0 Å². The summed E-state index contributed by atoms with van der Waals surface area (Å²) in [7, 11) is 1.37. The lowest BCUT2D eigenvalue weighted by Crippen LogP contribution is -2.52. The maximum absolute atomic E-state index is 11.8. The van der Waals surface area contributed by atoms with E-state index in [1.165, 1.54) is 20.0 Å². The molecule has 3 amide bonds. The lowest BCUT2D eigenvalue weighted by molar-refractivity contribution is 0.0976. The molecule has 2 fully saturated rings. The Bertz CT molecular complexity index is 344. The fourth-order valence-corrected chi connectivity index (χ4v) is 1.86. The van der Waals surface area contributed by atoms with Crippen LogP contribution in [0.2, 0.25) is 0 Å². The standard InChI is InChI=1S/C12H19N3O3/c1-18-12(17)15-8-6-14(7-9-15)11(16)13-5-4-10-2-3-10/h4-5,10H,2-3,6-9H2,1H3,(H,13,16)/b5-4+. The Morgan fingerprint density at radius 1 is 1.17 bits per heavy atom. The molecule has 1 saturated heterocycles. The Labute approximate surface area is 107 Å². The van der Waals surface area contributed by atoms with Crippen LogP contribution in [-0.2, 0) is 4.74 Å². The lowest BCUT2D eigenvalue weighted by atomic mass is 10.3. The molecule has 0 spiro atoms. The van der Waals surface area contributed by atoms with Crippen molar-refractivity contribution in [2.45, 2.75) is 12.8 Å². The summed E-state index contributed by atoms with van der Waals surface area (Å²) in [6.45, 7) is 2.12. The second kappa shape index (κ2) is 5.75. The molecule has 6 heteroatoms. The van der Waals surface area contributed by atoms with Gasteiger partial charge in [-0.3, -0.25) is 0 Å². The van der Waals surface area contributed by atoms with Crippen molar-refractivity contribution in [3.05, 3.63) is 12.3 Å². The first kappa shape index (κ1) is 12.7. The highest BCUT2D eigenvalue weighted by Crippen LogP contribution is 2.29. The summed E-state index contributed by atoms with van der Waals surface area (Å²) in [5.41, 5.74) is 0. The van der Waals surface area contributed by atoms with Gasteiger partial charge in [0.2, 0.25) is 0 Å². The number of allylic oxidation sites excluding steroid dienone is 1. The van der Waals surface area contributed by atoms with Crippen LogP contribution in [-0.4, -0.2) is 55.2 Å². The molecule has 0 atom stereocenters. The molecule has 0 unspecified atom stereocenters. The molecule has 1 aliphatic carbocycles. The van der Waals surface area contributed by atoms with Gasteiger partial charge in [-0.05, 0) is 18.8 Å². The summed E-state index contributed by atoms with van der Waals surface area (Å²) in [6.07, 6.45) is 5.88. The molecule has 1 saturated carbocycles. The lowest BCUT2D eigenvalue weighted by Gasteiger charge is -2.33. The molecule has 0 aromatic carbocycles. The van der Waals surface area contributed by atoms with Gasteiger partial charge in [-0.15, -0.1) is 0 Å². The fourth-order valence-electron chi connectivity index (χ4n) is 1.86. The van der Waals surface area contributed by atoms with Crippen LogP contribution in [0.25, 0.3) is 0 Å². The van der Waals surface area contributed by atoms with Gasteiger partial charge in [0, 0.05) is 32.4 Å². The third kappa shape index (κ3) is 3.38. The molecule has 0 bridgehead atoms. The minimum absolute atomic E-state index is 0.101.